The first-order valence-corrected chi connectivity index (χ1v) is 9.23. The Bertz CT molecular complexity index is 1140. The van der Waals surface area contributed by atoms with Crippen molar-refractivity contribution in [3.63, 3.8) is 0 Å². The first kappa shape index (κ1) is 20.3. The van der Waals surface area contributed by atoms with Gasteiger partial charge < -0.3 is 13.9 Å². The van der Waals surface area contributed by atoms with Crippen LogP contribution in [0.4, 0.5) is 0 Å². The molecule has 0 aliphatic heterocycles. The summed E-state index contributed by atoms with van der Waals surface area (Å²) in [6, 6.07) is 11.7. The van der Waals surface area contributed by atoms with Gasteiger partial charge >= 0.3 is 11.6 Å². The van der Waals surface area contributed by atoms with Crippen molar-refractivity contribution in [3.8, 4) is 5.75 Å². The van der Waals surface area contributed by atoms with Crippen molar-refractivity contribution >= 4 is 22.7 Å². The number of hydrogen-bond acceptors (Lipinski definition) is 6. The normalized spacial score (nSPS) is 11.9. The van der Waals surface area contributed by atoms with E-state index < -0.39 is 17.7 Å². The van der Waals surface area contributed by atoms with Gasteiger partial charge in [0, 0.05) is 23.1 Å². The van der Waals surface area contributed by atoms with E-state index in [4.69, 9.17) is 13.9 Å². The Balaban J connectivity index is 1.62. The monoisotopic (exact) mass is 394 g/mol. The van der Waals surface area contributed by atoms with E-state index in [1.54, 1.807) is 30.3 Å². The van der Waals surface area contributed by atoms with Crippen LogP contribution < -0.4 is 10.4 Å². The standard InChI is InChI=1S/C23H22O6/c1-13-5-6-17(9-14(13)2)23(26)16(4)28-22(25)12-27-18-7-8-19-15(3)10-21(24)29-20(19)11-18/h5-11,16H,12H2,1-4H3/t16-/m1/s1. The summed E-state index contributed by atoms with van der Waals surface area (Å²) in [4.78, 5) is 36.1. The quantitative estimate of drug-likeness (QED) is 0.358. The molecule has 2 aromatic carbocycles. The molecule has 0 aliphatic rings. The number of aryl methyl sites for hydroxylation is 3. The summed E-state index contributed by atoms with van der Waals surface area (Å²) in [5.41, 5.74) is 3.29. The molecule has 0 amide bonds. The summed E-state index contributed by atoms with van der Waals surface area (Å²) in [6.45, 7) is 6.85. The topological polar surface area (TPSA) is 82.8 Å². The molecule has 1 heterocycles. The van der Waals surface area contributed by atoms with Crippen molar-refractivity contribution in [2.45, 2.75) is 33.8 Å². The maximum absolute atomic E-state index is 12.5. The number of fused-ring (bicyclic) bond motifs is 1. The van der Waals surface area contributed by atoms with Crippen LogP contribution in [0.25, 0.3) is 11.0 Å². The highest BCUT2D eigenvalue weighted by Gasteiger charge is 2.20. The molecule has 0 fully saturated rings. The van der Waals surface area contributed by atoms with Gasteiger partial charge in [-0.3, -0.25) is 4.79 Å². The predicted molar refractivity (Wildman–Crippen MR) is 109 cm³/mol. The third-order valence-electron chi connectivity index (χ3n) is 4.75. The van der Waals surface area contributed by atoms with Crippen LogP contribution >= 0.6 is 0 Å². The fourth-order valence-electron chi connectivity index (χ4n) is 2.95. The largest absolute Gasteiger partial charge is 0.482 e. The molecule has 0 saturated heterocycles. The lowest BCUT2D eigenvalue weighted by Gasteiger charge is -2.14. The van der Waals surface area contributed by atoms with Crippen LogP contribution in [0.5, 0.6) is 5.75 Å². The highest BCUT2D eigenvalue weighted by molar-refractivity contribution is 6.00. The summed E-state index contributed by atoms with van der Waals surface area (Å²) in [5.74, 6) is -0.582. The van der Waals surface area contributed by atoms with Crippen LogP contribution in [0.1, 0.15) is 34.0 Å². The molecule has 3 rings (SSSR count). The van der Waals surface area contributed by atoms with Crippen molar-refractivity contribution < 1.29 is 23.5 Å². The van der Waals surface area contributed by atoms with E-state index in [2.05, 4.69) is 0 Å². The first-order chi connectivity index (χ1) is 13.7. The second kappa shape index (κ2) is 8.31. The van der Waals surface area contributed by atoms with Crippen LogP contribution in [0, 0.1) is 20.8 Å². The molecule has 0 spiro atoms. The molecule has 0 unspecified atom stereocenters. The third kappa shape index (κ3) is 4.71. The number of ether oxygens (including phenoxy) is 2. The summed E-state index contributed by atoms with van der Waals surface area (Å²) in [6.07, 6.45) is -0.925. The highest BCUT2D eigenvalue weighted by Crippen LogP contribution is 2.22. The minimum Gasteiger partial charge on any atom is -0.482 e. The number of esters is 1. The maximum Gasteiger partial charge on any atom is 0.344 e. The van der Waals surface area contributed by atoms with Gasteiger partial charge in [0.15, 0.2) is 12.7 Å². The van der Waals surface area contributed by atoms with E-state index in [1.165, 1.54) is 13.0 Å². The van der Waals surface area contributed by atoms with Crippen LogP contribution in [-0.4, -0.2) is 24.5 Å². The molecule has 0 bridgehead atoms. The summed E-state index contributed by atoms with van der Waals surface area (Å²) in [7, 11) is 0. The maximum atomic E-state index is 12.5. The molecule has 0 aliphatic carbocycles. The lowest BCUT2D eigenvalue weighted by atomic mass is 10.0. The second-order valence-corrected chi connectivity index (χ2v) is 6.99. The van der Waals surface area contributed by atoms with Crippen LogP contribution in [0.3, 0.4) is 0 Å². The van der Waals surface area contributed by atoms with Gasteiger partial charge in [0.2, 0.25) is 5.78 Å². The number of rotatable bonds is 6. The van der Waals surface area contributed by atoms with Gasteiger partial charge in [0.25, 0.3) is 0 Å². The van der Waals surface area contributed by atoms with Crippen molar-refractivity contribution in [1.29, 1.82) is 0 Å². The lowest BCUT2D eigenvalue weighted by Crippen LogP contribution is -2.27. The molecular formula is C23H22O6. The van der Waals surface area contributed by atoms with Crippen LogP contribution in [0.2, 0.25) is 0 Å². The van der Waals surface area contributed by atoms with Crippen molar-refractivity contribution in [2.75, 3.05) is 6.61 Å². The Morgan fingerprint density at radius 2 is 1.72 bits per heavy atom. The van der Waals surface area contributed by atoms with E-state index in [0.29, 0.717) is 16.9 Å². The van der Waals surface area contributed by atoms with Crippen molar-refractivity contribution in [1.82, 2.24) is 0 Å². The number of ketones is 1. The van der Waals surface area contributed by atoms with E-state index in [1.807, 2.05) is 26.8 Å². The molecule has 3 aromatic rings. The minimum absolute atomic E-state index is 0.274. The molecule has 0 radical (unpaired) electrons. The zero-order valence-electron chi connectivity index (χ0n) is 16.8. The minimum atomic E-state index is -0.925. The van der Waals surface area contributed by atoms with Gasteiger partial charge in [-0.25, -0.2) is 9.59 Å². The molecule has 6 heteroatoms. The SMILES string of the molecule is Cc1ccc(C(=O)[C@@H](C)OC(=O)COc2ccc3c(C)cc(=O)oc3c2)cc1C. The summed E-state index contributed by atoms with van der Waals surface area (Å²) >= 11 is 0. The first-order valence-electron chi connectivity index (χ1n) is 9.23. The fraction of sp³-hybridized carbons (Fsp3) is 0.261. The van der Waals surface area contributed by atoms with Gasteiger partial charge in [-0.15, -0.1) is 0 Å². The van der Waals surface area contributed by atoms with E-state index in [0.717, 1.165) is 22.1 Å². The number of hydrogen-bond donors (Lipinski definition) is 0. The number of carbonyl (C=O) groups is 2. The van der Waals surface area contributed by atoms with Gasteiger partial charge in [-0.1, -0.05) is 12.1 Å². The predicted octanol–water partition coefficient (Wildman–Crippen LogP) is 3.91. The van der Waals surface area contributed by atoms with E-state index >= 15 is 0 Å². The Kier molecular flexibility index (Phi) is 5.82. The van der Waals surface area contributed by atoms with E-state index in [9.17, 15) is 14.4 Å². The zero-order valence-corrected chi connectivity index (χ0v) is 16.8. The van der Waals surface area contributed by atoms with Gasteiger partial charge in [-0.2, -0.15) is 0 Å². The van der Waals surface area contributed by atoms with Gasteiger partial charge in [0.05, 0.1) is 0 Å². The Hall–Kier alpha value is -3.41. The molecule has 0 saturated carbocycles. The number of Topliss-reactive ketones (excluding diaryl/α,β-unsaturated/α-hetero) is 1. The Morgan fingerprint density at radius 3 is 2.45 bits per heavy atom. The molecule has 0 N–H and O–H groups in total. The fourth-order valence-corrected chi connectivity index (χ4v) is 2.95. The zero-order chi connectivity index (χ0) is 21.1. The second-order valence-electron chi connectivity index (χ2n) is 6.99. The van der Waals surface area contributed by atoms with Crippen LogP contribution in [-0.2, 0) is 9.53 Å². The average Bonchev–Trinajstić information content (AvgIpc) is 2.67. The van der Waals surface area contributed by atoms with E-state index in [-0.39, 0.29) is 12.4 Å². The average molecular weight is 394 g/mol. The van der Waals surface area contributed by atoms with Gasteiger partial charge in [-0.05, 0) is 62.6 Å². The third-order valence-corrected chi connectivity index (χ3v) is 4.75. The Morgan fingerprint density at radius 1 is 0.966 bits per heavy atom. The molecule has 1 aromatic heterocycles. The highest BCUT2D eigenvalue weighted by atomic mass is 16.6. The summed E-state index contributed by atoms with van der Waals surface area (Å²) in [5, 5.41) is 0.784. The smallest absolute Gasteiger partial charge is 0.344 e. The summed E-state index contributed by atoms with van der Waals surface area (Å²) < 4.78 is 15.8. The lowest BCUT2D eigenvalue weighted by molar-refractivity contribution is -0.148. The van der Waals surface area contributed by atoms with Crippen molar-refractivity contribution in [3.05, 3.63) is 75.1 Å². The van der Waals surface area contributed by atoms with Crippen molar-refractivity contribution in [2.24, 2.45) is 0 Å². The number of benzene rings is 2. The number of carbonyl (C=O) groups excluding carboxylic acids is 2. The molecule has 150 valence electrons. The molecular weight excluding hydrogens is 372 g/mol. The van der Waals surface area contributed by atoms with Gasteiger partial charge in [0.1, 0.15) is 11.3 Å². The molecule has 1 atom stereocenters. The molecule has 29 heavy (non-hydrogen) atoms. The van der Waals surface area contributed by atoms with Crippen LogP contribution in [0.15, 0.2) is 51.7 Å². The Labute approximate surface area is 168 Å². The molecule has 6 nitrogen and oxygen atoms in total.